The molecule has 3 heteroatoms. The molecule has 0 N–H and O–H groups in total. The lowest BCUT2D eigenvalue weighted by atomic mass is 10.0. The van der Waals surface area contributed by atoms with Crippen LogP contribution in [0.3, 0.4) is 0 Å². The Balaban J connectivity index is 1.86. The molecule has 0 amide bonds. The maximum atomic E-state index is 5.95. The Bertz CT molecular complexity index is 654. The van der Waals surface area contributed by atoms with Crippen LogP contribution in [0.2, 0.25) is 0 Å². The number of halogens is 1. The summed E-state index contributed by atoms with van der Waals surface area (Å²) < 4.78 is 11.9. The second-order valence-electron chi connectivity index (χ2n) is 6.93. The lowest BCUT2D eigenvalue weighted by Crippen LogP contribution is -2.00. The van der Waals surface area contributed by atoms with Crippen LogP contribution in [-0.4, -0.2) is 18.5 Å². The Hall–Kier alpha value is -1.22. The van der Waals surface area contributed by atoms with Gasteiger partial charge in [-0.3, -0.25) is 0 Å². The normalized spacial score (nSPS) is 11.0. The maximum Gasteiger partial charge on any atom is 0.122 e. The molecule has 2 aromatic carbocycles. The van der Waals surface area contributed by atoms with Gasteiger partial charge in [-0.25, -0.2) is 0 Å². The second kappa shape index (κ2) is 12.2. The first-order chi connectivity index (χ1) is 12.8. The first-order valence-corrected chi connectivity index (χ1v) is 11.2. The van der Waals surface area contributed by atoms with Crippen LogP contribution in [0.4, 0.5) is 0 Å². The van der Waals surface area contributed by atoms with E-state index in [9.17, 15) is 0 Å². The summed E-state index contributed by atoms with van der Waals surface area (Å²) in [6, 6.07) is 10.6. The predicted octanol–water partition coefficient (Wildman–Crippen LogP) is 7.44. The van der Waals surface area contributed by atoms with Crippen molar-refractivity contribution in [3.05, 3.63) is 35.9 Å². The van der Waals surface area contributed by atoms with Crippen molar-refractivity contribution in [1.82, 2.24) is 0 Å². The third kappa shape index (κ3) is 6.83. The number of hydrogen-bond acceptors (Lipinski definition) is 2. The van der Waals surface area contributed by atoms with Crippen molar-refractivity contribution < 1.29 is 9.47 Å². The van der Waals surface area contributed by atoms with Crippen LogP contribution in [0, 0.1) is 6.92 Å². The van der Waals surface area contributed by atoms with Gasteiger partial charge >= 0.3 is 0 Å². The van der Waals surface area contributed by atoms with Crippen LogP contribution in [-0.2, 0) is 0 Å². The zero-order valence-corrected chi connectivity index (χ0v) is 17.9. The van der Waals surface area contributed by atoms with Crippen molar-refractivity contribution in [2.45, 2.75) is 65.2 Å². The van der Waals surface area contributed by atoms with Gasteiger partial charge in [-0.05, 0) is 60.7 Å². The molecule has 0 aliphatic carbocycles. The first-order valence-electron chi connectivity index (χ1n) is 10.1. The molecule has 2 aromatic rings. The Morgan fingerprint density at radius 3 is 2.35 bits per heavy atom. The highest BCUT2D eigenvalue weighted by Crippen LogP contribution is 2.30. The van der Waals surface area contributed by atoms with Crippen LogP contribution < -0.4 is 9.47 Å². The van der Waals surface area contributed by atoms with Crippen molar-refractivity contribution in [2.75, 3.05) is 18.5 Å². The molecule has 0 aliphatic rings. The topological polar surface area (TPSA) is 18.5 Å². The van der Waals surface area contributed by atoms with Crippen LogP contribution in [0.1, 0.15) is 63.9 Å². The monoisotopic (exact) mass is 420 g/mol. The van der Waals surface area contributed by atoms with Gasteiger partial charge in [0.25, 0.3) is 0 Å². The van der Waals surface area contributed by atoms with E-state index in [1.54, 1.807) is 0 Å². The number of hydrogen-bond donors (Lipinski definition) is 0. The molecule has 0 bridgehead atoms. The molecule has 0 spiro atoms. The van der Waals surface area contributed by atoms with E-state index >= 15 is 0 Å². The molecule has 0 saturated heterocycles. The molecule has 0 aliphatic heterocycles. The van der Waals surface area contributed by atoms with Gasteiger partial charge in [0, 0.05) is 5.33 Å². The minimum absolute atomic E-state index is 0.775. The highest BCUT2D eigenvalue weighted by Gasteiger charge is 2.06. The minimum atomic E-state index is 0.775. The van der Waals surface area contributed by atoms with Crippen LogP contribution in [0.25, 0.3) is 10.8 Å². The summed E-state index contributed by atoms with van der Waals surface area (Å²) in [5.41, 5.74) is 1.21. The molecule has 0 heterocycles. The molecule has 0 aromatic heterocycles. The van der Waals surface area contributed by atoms with E-state index in [1.165, 1.54) is 48.4 Å². The van der Waals surface area contributed by atoms with E-state index in [0.29, 0.717) is 0 Å². The SMILES string of the molecule is CCCCCCCCOc1ccc2c(C)c(OCCCCBr)ccc2c1. The average Bonchev–Trinajstić information content (AvgIpc) is 2.66. The van der Waals surface area contributed by atoms with E-state index in [2.05, 4.69) is 60.1 Å². The van der Waals surface area contributed by atoms with Crippen LogP contribution >= 0.6 is 15.9 Å². The molecular formula is C23H33BrO2. The molecule has 2 rings (SSSR count). The van der Waals surface area contributed by atoms with Gasteiger partial charge in [0.05, 0.1) is 13.2 Å². The smallest absolute Gasteiger partial charge is 0.122 e. The quantitative estimate of drug-likeness (QED) is 0.247. The molecular weight excluding hydrogens is 388 g/mol. The van der Waals surface area contributed by atoms with Crippen molar-refractivity contribution >= 4 is 26.7 Å². The number of fused-ring (bicyclic) bond motifs is 1. The molecule has 0 atom stereocenters. The number of unbranched alkanes of at least 4 members (excludes halogenated alkanes) is 6. The number of benzene rings is 2. The van der Waals surface area contributed by atoms with E-state index in [1.807, 2.05) is 0 Å². The Kier molecular flexibility index (Phi) is 9.91. The Morgan fingerprint density at radius 1 is 0.808 bits per heavy atom. The molecule has 0 saturated carbocycles. The summed E-state index contributed by atoms with van der Waals surface area (Å²) in [6.07, 6.45) is 9.97. The van der Waals surface area contributed by atoms with Gasteiger partial charge in [0.1, 0.15) is 11.5 Å². The van der Waals surface area contributed by atoms with Crippen LogP contribution in [0.15, 0.2) is 30.3 Å². The Labute approximate surface area is 167 Å². The maximum absolute atomic E-state index is 5.95. The molecule has 0 unspecified atom stereocenters. The zero-order valence-electron chi connectivity index (χ0n) is 16.4. The molecule has 2 nitrogen and oxygen atoms in total. The molecule has 144 valence electrons. The van der Waals surface area contributed by atoms with Gasteiger partial charge < -0.3 is 9.47 Å². The van der Waals surface area contributed by atoms with Crippen molar-refractivity contribution in [2.24, 2.45) is 0 Å². The minimum Gasteiger partial charge on any atom is -0.494 e. The summed E-state index contributed by atoms with van der Waals surface area (Å²) in [6.45, 7) is 5.98. The highest BCUT2D eigenvalue weighted by molar-refractivity contribution is 9.09. The fourth-order valence-corrected chi connectivity index (χ4v) is 3.54. The summed E-state index contributed by atoms with van der Waals surface area (Å²) in [5, 5.41) is 3.50. The summed E-state index contributed by atoms with van der Waals surface area (Å²) in [7, 11) is 0. The highest BCUT2D eigenvalue weighted by atomic mass is 79.9. The third-order valence-corrected chi connectivity index (χ3v) is 5.32. The third-order valence-electron chi connectivity index (χ3n) is 4.76. The standard InChI is InChI=1S/C23H33BrO2/c1-3-4-5-6-7-9-16-25-21-12-13-22-19(2)23(14-11-20(22)18-21)26-17-10-8-15-24/h11-14,18H,3-10,15-17H2,1-2H3. The van der Waals surface area contributed by atoms with E-state index in [4.69, 9.17) is 9.47 Å². The summed E-state index contributed by atoms with van der Waals surface area (Å²) >= 11 is 3.46. The van der Waals surface area contributed by atoms with Gasteiger partial charge in [-0.1, -0.05) is 67.1 Å². The van der Waals surface area contributed by atoms with E-state index in [-0.39, 0.29) is 0 Å². The Morgan fingerprint density at radius 2 is 1.54 bits per heavy atom. The molecule has 26 heavy (non-hydrogen) atoms. The second-order valence-corrected chi connectivity index (χ2v) is 7.73. The summed E-state index contributed by atoms with van der Waals surface area (Å²) in [5.74, 6) is 1.96. The van der Waals surface area contributed by atoms with Crippen molar-refractivity contribution in [3.8, 4) is 11.5 Å². The molecule has 0 fully saturated rings. The number of aryl methyl sites for hydroxylation is 1. The van der Waals surface area contributed by atoms with Crippen LogP contribution in [0.5, 0.6) is 11.5 Å². The van der Waals surface area contributed by atoms with Crippen molar-refractivity contribution in [1.29, 1.82) is 0 Å². The largest absolute Gasteiger partial charge is 0.494 e. The lowest BCUT2D eigenvalue weighted by molar-refractivity contribution is 0.304. The number of ether oxygens (including phenoxy) is 2. The predicted molar refractivity (Wildman–Crippen MR) is 116 cm³/mol. The van der Waals surface area contributed by atoms with Gasteiger partial charge in [-0.2, -0.15) is 0 Å². The summed E-state index contributed by atoms with van der Waals surface area (Å²) in [4.78, 5) is 0. The average molecular weight is 421 g/mol. The van der Waals surface area contributed by atoms with Gasteiger partial charge in [-0.15, -0.1) is 0 Å². The first kappa shape index (κ1) is 21.1. The fraction of sp³-hybridized carbons (Fsp3) is 0.565. The number of alkyl halides is 1. The van der Waals surface area contributed by atoms with E-state index < -0.39 is 0 Å². The fourth-order valence-electron chi connectivity index (χ4n) is 3.14. The van der Waals surface area contributed by atoms with Gasteiger partial charge in [0.15, 0.2) is 0 Å². The van der Waals surface area contributed by atoms with Gasteiger partial charge in [0.2, 0.25) is 0 Å². The number of rotatable bonds is 13. The zero-order chi connectivity index (χ0) is 18.6. The van der Waals surface area contributed by atoms with Crippen molar-refractivity contribution in [3.63, 3.8) is 0 Å². The molecule has 0 radical (unpaired) electrons. The lowest BCUT2D eigenvalue weighted by Gasteiger charge is -2.13. The van der Waals surface area contributed by atoms with E-state index in [0.717, 1.165) is 49.3 Å².